The van der Waals surface area contributed by atoms with Gasteiger partial charge in [0, 0.05) is 0 Å². The van der Waals surface area contributed by atoms with Crippen LogP contribution in [0.4, 0.5) is 0 Å². The van der Waals surface area contributed by atoms with Crippen molar-refractivity contribution >= 4 is 8.07 Å². The molecule has 0 amide bonds. The van der Waals surface area contributed by atoms with Gasteiger partial charge in [-0.25, -0.2) is 0 Å². The van der Waals surface area contributed by atoms with Crippen LogP contribution in [-0.4, -0.2) is 8.07 Å². The van der Waals surface area contributed by atoms with Crippen molar-refractivity contribution in [1.82, 2.24) is 0 Å². The Balaban J connectivity index is 2.76. The molecule has 0 spiro atoms. The fourth-order valence-electron chi connectivity index (χ4n) is 3.30. The normalized spacial score (nSPS) is 15.7. The molecule has 0 nitrogen and oxygen atoms in total. The van der Waals surface area contributed by atoms with Crippen LogP contribution in [0.3, 0.4) is 0 Å². The standard InChI is InChI=1S/C17H32Si/c1-4-7-14-18(15-8-5-2,16-9-6-3)17-12-10-11-13-17/h10-13,17H,4-9,14-16H2,1-3H3. The highest BCUT2D eigenvalue weighted by Crippen LogP contribution is 2.41. The van der Waals surface area contributed by atoms with Crippen LogP contribution in [0.2, 0.25) is 23.7 Å². The van der Waals surface area contributed by atoms with Crippen molar-refractivity contribution in [3.05, 3.63) is 24.3 Å². The van der Waals surface area contributed by atoms with Crippen LogP contribution >= 0.6 is 0 Å². The Morgan fingerprint density at radius 2 is 1.11 bits per heavy atom. The molecule has 1 aliphatic carbocycles. The third kappa shape index (κ3) is 4.42. The summed E-state index contributed by atoms with van der Waals surface area (Å²) in [6.45, 7) is 7.04. The van der Waals surface area contributed by atoms with Gasteiger partial charge in [-0.3, -0.25) is 0 Å². The first kappa shape index (κ1) is 15.8. The number of hydrogen-bond acceptors (Lipinski definition) is 0. The molecule has 18 heavy (non-hydrogen) atoms. The van der Waals surface area contributed by atoms with Crippen LogP contribution in [0.1, 0.15) is 59.3 Å². The van der Waals surface area contributed by atoms with Gasteiger partial charge in [0.2, 0.25) is 0 Å². The third-order valence-corrected chi connectivity index (χ3v) is 10.4. The summed E-state index contributed by atoms with van der Waals surface area (Å²) >= 11 is 0. The summed E-state index contributed by atoms with van der Waals surface area (Å²) in [7, 11) is -1.10. The van der Waals surface area contributed by atoms with E-state index in [2.05, 4.69) is 45.1 Å². The molecule has 1 aliphatic rings. The monoisotopic (exact) mass is 264 g/mol. The van der Waals surface area contributed by atoms with Crippen molar-refractivity contribution in [2.24, 2.45) is 0 Å². The second-order valence-electron chi connectivity index (χ2n) is 5.97. The summed E-state index contributed by atoms with van der Waals surface area (Å²) in [6, 6.07) is 4.68. The van der Waals surface area contributed by atoms with Gasteiger partial charge in [-0.05, 0) is 5.54 Å². The smallest absolute Gasteiger partial charge is 0.0649 e. The van der Waals surface area contributed by atoms with E-state index in [0.29, 0.717) is 0 Å². The minimum Gasteiger partial charge on any atom is -0.0803 e. The fourth-order valence-corrected chi connectivity index (χ4v) is 9.26. The highest BCUT2D eigenvalue weighted by atomic mass is 28.3. The largest absolute Gasteiger partial charge is 0.0803 e. The molecule has 1 rings (SSSR count). The first-order valence-electron chi connectivity index (χ1n) is 8.14. The molecule has 0 aromatic rings. The Morgan fingerprint density at radius 1 is 0.722 bits per heavy atom. The molecule has 1 heteroatoms. The van der Waals surface area contributed by atoms with E-state index in [9.17, 15) is 0 Å². The molecule has 0 saturated heterocycles. The van der Waals surface area contributed by atoms with E-state index in [1.807, 2.05) is 0 Å². The maximum atomic E-state index is 2.51. The van der Waals surface area contributed by atoms with Crippen molar-refractivity contribution < 1.29 is 0 Å². The molecule has 0 N–H and O–H groups in total. The molecule has 0 atom stereocenters. The molecule has 0 radical (unpaired) electrons. The van der Waals surface area contributed by atoms with Gasteiger partial charge < -0.3 is 0 Å². The molecule has 0 fully saturated rings. The van der Waals surface area contributed by atoms with Crippen molar-refractivity contribution in [3.63, 3.8) is 0 Å². The second-order valence-corrected chi connectivity index (χ2v) is 10.9. The van der Waals surface area contributed by atoms with Crippen LogP contribution in [0.15, 0.2) is 24.3 Å². The van der Waals surface area contributed by atoms with Gasteiger partial charge in [0.15, 0.2) is 0 Å². The van der Waals surface area contributed by atoms with Gasteiger partial charge in [-0.1, -0.05) is 102 Å². The first-order valence-corrected chi connectivity index (χ1v) is 10.8. The highest BCUT2D eigenvalue weighted by Gasteiger charge is 2.37. The first-order chi connectivity index (χ1) is 8.79. The van der Waals surface area contributed by atoms with Gasteiger partial charge in [-0.2, -0.15) is 0 Å². The summed E-state index contributed by atoms with van der Waals surface area (Å²) in [5, 5.41) is 0. The lowest BCUT2D eigenvalue weighted by Crippen LogP contribution is -2.38. The molecule has 0 heterocycles. The van der Waals surface area contributed by atoms with Crippen LogP contribution in [-0.2, 0) is 0 Å². The maximum absolute atomic E-state index is 2.51. The van der Waals surface area contributed by atoms with E-state index in [1.54, 1.807) is 18.1 Å². The minimum absolute atomic E-state index is 0.849. The lowest BCUT2D eigenvalue weighted by Gasteiger charge is -2.36. The van der Waals surface area contributed by atoms with Gasteiger partial charge >= 0.3 is 0 Å². The summed E-state index contributed by atoms with van der Waals surface area (Å²) in [5.41, 5.74) is 0.849. The Bertz CT molecular complexity index is 231. The molecule has 0 bridgehead atoms. The van der Waals surface area contributed by atoms with Crippen LogP contribution < -0.4 is 0 Å². The highest BCUT2D eigenvalue weighted by molar-refractivity contribution is 6.82. The van der Waals surface area contributed by atoms with Gasteiger partial charge in [0.1, 0.15) is 0 Å². The van der Waals surface area contributed by atoms with E-state index in [4.69, 9.17) is 0 Å². The fraction of sp³-hybridized carbons (Fsp3) is 0.765. The Labute approximate surface area is 116 Å². The molecular weight excluding hydrogens is 232 g/mol. The zero-order chi connectivity index (χ0) is 13.3. The predicted octanol–water partition coefficient (Wildman–Crippen LogP) is 6.33. The van der Waals surface area contributed by atoms with Crippen molar-refractivity contribution in [3.8, 4) is 0 Å². The van der Waals surface area contributed by atoms with E-state index < -0.39 is 8.07 Å². The molecule has 0 aromatic carbocycles. The van der Waals surface area contributed by atoms with Crippen molar-refractivity contribution in [1.29, 1.82) is 0 Å². The van der Waals surface area contributed by atoms with Crippen LogP contribution in [0.25, 0.3) is 0 Å². The average Bonchev–Trinajstić information content (AvgIpc) is 2.93. The maximum Gasteiger partial charge on any atom is 0.0649 e. The van der Waals surface area contributed by atoms with E-state index in [0.717, 1.165) is 5.54 Å². The number of allylic oxidation sites excluding steroid dienone is 4. The zero-order valence-corrected chi connectivity index (χ0v) is 13.8. The van der Waals surface area contributed by atoms with Gasteiger partial charge in [-0.15, -0.1) is 0 Å². The number of hydrogen-bond donors (Lipinski definition) is 0. The molecular formula is C17H32Si. The predicted molar refractivity (Wildman–Crippen MR) is 86.9 cm³/mol. The lowest BCUT2D eigenvalue weighted by molar-refractivity contribution is 0.781. The summed E-state index contributed by atoms with van der Waals surface area (Å²) < 4.78 is 0. The molecule has 0 aromatic heterocycles. The number of rotatable bonds is 10. The Kier molecular flexibility index (Phi) is 7.65. The van der Waals surface area contributed by atoms with E-state index in [-0.39, 0.29) is 0 Å². The summed E-state index contributed by atoms with van der Waals surface area (Å²) in [6.07, 6.45) is 18.1. The second kappa shape index (κ2) is 8.74. The van der Waals surface area contributed by atoms with E-state index in [1.165, 1.54) is 38.5 Å². The summed E-state index contributed by atoms with van der Waals surface area (Å²) in [5.74, 6) is 0. The van der Waals surface area contributed by atoms with Crippen LogP contribution in [0, 0.1) is 0 Å². The van der Waals surface area contributed by atoms with Gasteiger partial charge in [0.05, 0.1) is 8.07 Å². The van der Waals surface area contributed by atoms with Crippen molar-refractivity contribution in [2.75, 3.05) is 0 Å². The third-order valence-electron chi connectivity index (χ3n) is 4.54. The molecule has 104 valence electrons. The lowest BCUT2D eigenvalue weighted by atomic mass is 10.4. The molecule has 0 unspecified atom stereocenters. The average molecular weight is 265 g/mol. The van der Waals surface area contributed by atoms with Gasteiger partial charge in [0.25, 0.3) is 0 Å². The topological polar surface area (TPSA) is 0 Å². The van der Waals surface area contributed by atoms with Crippen molar-refractivity contribution in [2.45, 2.75) is 83.0 Å². The van der Waals surface area contributed by atoms with Crippen LogP contribution in [0.5, 0.6) is 0 Å². The summed E-state index contributed by atoms with van der Waals surface area (Å²) in [4.78, 5) is 0. The Hall–Kier alpha value is -0.303. The SMILES string of the molecule is CCCC[Si](CCCC)(CCCC)C1C=CC=C1. The Morgan fingerprint density at radius 3 is 1.44 bits per heavy atom. The quantitative estimate of drug-likeness (QED) is 0.404. The molecule has 0 saturated carbocycles. The minimum atomic E-state index is -1.10. The van der Waals surface area contributed by atoms with E-state index >= 15 is 0 Å². The molecule has 0 aliphatic heterocycles. The number of unbranched alkanes of at least 4 members (excludes halogenated alkanes) is 3. The zero-order valence-electron chi connectivity index (χ0n) is 12.8.